The van der Waals surface area contributed by atoms with Crippen molar-refractivity contribution in [1.82, 2.24) is 0 Å². The number of hydrogen-bond acceptors (Lipinski definition) is 1. The van der Waals surface area contributed by atoms with E-state index in [1.54, 1.807) is 0 Å². The maximum absolute atomic E-state index is 9.25. The Morgan fingerprint density at radius 3 is 1.44 bits per heavy atom. The second-order valence-corrected chi connectivity index (χ2v) is 2.62. The first-order valence-electron chi connectivity index (χ1n) is 4.34. The van der Waals surface area contributed by atoms with Gasteiger partial charge in [-0.3, -0.25) is 0 Å². The molecule has 0 radical (unpaired) electrons. The van der Waals surface area contributed by atoms with Crippen LogP contribution in [-0.2, 0) is 4.79 Å². The van der Waals surface area contributed by atoms with E-state index in [9.17, 15) is 4.79 Å². The summed E-state index contributed by atoms with van der Waals surface area (Å²) in [6.07, 6.45) is 4.49. The van der Waals surface area contributed by atoms with Crippen LogP contribution in [0, 0.1) is 0 Å². The molecule has 0 saturated heterocycles. The Kier molecular flexibility index (Phi) is 12.4. The van der Waals surface area contributed by atoms with E-state index in [0.29, 0.717) is 0 Å². The predicted octanol–water partition coefficient (Wildman–Crippen LogP) is 0.346. The molecular weight excluding hydrogens is 227 g/mol. The van der Waals surface area contributed by atoms with E-state index in [2.05, 4.69) is 19.7 Å². The zero-order valence-electron chi connectivity index (χ0n) is 10.5. The molecule has 1 N–H and O–H groups in total. The Morgan fingerprint density at radius 2 is 1.31 bits per heavy atom. The van der Waals surface area contributed by atoms with Gasteiger partial charge in [-0.05, 0) is 11.1 Å². The quantitative estimate of drug-likeness (QED) is 0.613. The minimum absolute atomic E-state index is 0. The summed E-state index contributed by atoms with van der Waals surface area (Å²) in [5.41, 5.74) is 2.29. The second kappa shape index (κ2) is 11.0. The number of carbonyl (C=O) groups is 1. The van der Waals surface area contributed by atoms with Gasteiger partial charge < -0.3 is 6.53 Å². The molecule has 3 heteroatoms. The first kappa shape index (κ1) is 17.9. The van der Waals surface area contributed by atoms with Gasteiger partial charge in [-0.15, -0.1) is 0 Å². The molecule has 2 nitrogen and oxygen atoms in total. The third-order valence-electron chi connectivity index (χ3n) is 1.58. The summed E-state index contributed by atoms with van der Waals surface area (Å²) in [6, 6.07) is 8.07. The van der Waals surface area contributed by atoms with Crippen molar-refractivity contribution in [1.29, 1.82) is 0 Å². The number of benzene rings is 1. The monoisotopic (exact) mass is 242 g/mol. The SMILES string of the molecule is C=CC(=O)O.C=Cc1ccc(C=C)cc1.[H-].[K+]. The molecule has 0 aliphatic rings. The van der Waals surface area contributed by atoms with Gasteiger partial charge in [-0.2, -0.15) is 0 Å². The Labute approximate surface area is 140 Å². The molecule has 1 rings (SSSR count). The summed E-state index contributed by atoms with van der Waals surface area (Å²) in [4.78, 5) is 9.25. The van der Waals surface area contributed by atoms with Crippen molar-refractivity contribution in [3.05, 3.63) is 61.2 Å². The van der Waals surface area contributed by atoms with Gasteiger partial charge in [0.1, 0.15) is 0 Å². The first-order chi connectivity index (χ1) is 7.13. The fourth-order valence-corrected chi connectivity index (χ4v) is 0.768. The predicted molar refractivity (Wildman–Crippen MR) is 65.6 cm³/mol. The number of aliphatic carboxylic acids is 1. The van der Waals surface area contributed by atoms with Crippen molar-refractivity contribution in [2.75, 3.05) is 0 Å². The van der Waals surface area contributed by atoms with Gasteiger partial charge >= 0.3 is 57.4 Å². The fraction of sp³-hybridized carbons (Fsp3) is 0. The Morgan fingerprint density at radius 1 is 1.06 bits per heavy atom. The Hall–Kier alpha value is -0.454. The van der Waals surface area contributed by atoms with Crippen molar-refractivity contribution in [3.63, 3.8) is 0 Å². The van der Waals surface area contributed by atoms with Gasteiger partial charge in [0.2, 0.25) is 0 Å². The summed E-state index contributed by atoms with van der Waals surface area (Å²) in [6.45, 7) is 10.3. The number of carboxylic acids is 1. The first-order valence-corrected chi connectivity index (χ1v) is 4.34. The zero-order chi connectivity index (χ0) is 11.7. The van der Waals surface area contributed by atoms with Crippen LogP contribution in [0.3, 0.4) is 0 Å². The standard InChI is InChI=1S/C10H10.C3H4O2.K.H/c1-3-9-5-7-10(4-2)8-6-9;1-2-3(4)5;;/h3-8H,1-2H2;2H,1H2,(H,4,5);;/q;;+1;-1. The molecule has 0 unspecified atom stereocenters. The van der Waals surface area contributed by atoms with E-state index in [4.69, 9.17) is 5.11 Å². The molecule has 0 aliphatic carbocycles. The number of hydrogen-bond donors (Lipinski definition) is 1. The van der Waals surface area contributed by atoms with E-state index in [1.165, 1.54) is 0 Å². The van der Waals surface area contributed by atoms with E-state index >= 15 is 0 Å². The molecule has 1 aromatic carbocycles. The summed E-state index contributed by atoms with van der Waals surface area (Å²) >= 11 is 0. The fourth-order valence-electron chi connectivity index (χ4n) is 0.768. The number of carboxylic acid groups (broad SMARTS) is 1. The molecule has 0 fully saturated rings. The summed E-state index contributed by atoms with van der Waals surface area (Å²) < 4.78 is 0. The van der Waals surface area contributed by atoms with Crippen LogP contribution in [0.5, 0.6) is 0 Å². The molecular formula is C13H15KO2. The van der Waals surface area contributed by atoms with Crippen molar-refractivity contribution in [2.24, 2.45) is 0 Å². The smallest absolute Gasteiger partial charge is 1.00 e. The van der Waals surface area contributed by atoms with Gasteiger partial charge in [0.05, 0.1) is 0 Å². The maximum Gasteiger partial charge on any atom is 1.00 e. The molecule has 0 amide bonds. The molecule has 1 aromatic rings. The minimum atomic E-state index is -0.981. The van der Waals surface area contributed by atoms with Crippen molar-refractivity contribution in [2.45, 2.75) is 0 Å². The molecule has 0 aliphatic heterocycles. The summed E-state index contributed by atoms with van der Waals surface area (Å²) in [5.74, 6) is -0.981. The van der Waals surface area contributed by atoms with Crippen LogP contribution < -0.4 is 51.4 Å². The average Bonchev–Trinajstić information content (AvgIpc) is 2.30. The number of rotatable bonds is 3. The van der Waals surface area contributed by atoms with Crippen LogP contribution in [0.25, 0.3) is 12.2 Å². The average molecular weight is 242 g/mol. The van der Waals surface area contributed by atoms with Gasteiger partial charge in [-0.25, -0.2) is 4.79 Å². The molecule has 16 heavy (non-hydrogen) atoms. The van der Waals surface area contributed by atoms with Gasteiger partial charge in [-0.1, -0.05) is 56.2 Å². The topological polar surface area (TPSA) is 37.3 Å². The van der Waals surface area contributed by atoms with Crippen LogP contribution >= 0.6 is 0 Å². The van der Waals surface area contributed by atoms with E-state index in [-0.39, 0.29) is 52.8 Å². The van der Waals surface area contributed by atoms with Crippen molar-refractivity contribution in [3.8, 4) is 0 Å². The molecule has 0 bridgehead atoms. The Bertz CT molecular complexity index is 331. The second-order valence-electron chi connectivity index (χ2n) is 2.62. The van der Waals surface area contributed by atoms with Gasteiger partial charge in [0.25, 0.3) is 0 Å². The third-order valence-corrected chi connectivity index (χ3v) is 1.58. The maximum atomic E-state index is 9.25. The summed E-state index contributed by atoms with van der Waals surface area (Å²) in [5, 5.41) is 7.60. The zero-order valence-corrected chi connectivity index (χ0v) is 12.6. The van der Waals surface area contributed by atoms with Crippen LogP contribution in [-0.4, -0.2) is 11.1 Å². The summed E-state index contributed by atoms with van der Waals surface area (Å²) in [7, 11) is 0. The molecule has 0 spiro atoms. The largest absolute Gasteiger partial charge is 1.00 e. The molecule has 0 heterocycles. The molecule has 0 atom stereocenters. The normalized spacial score (nSPS) is 7.50. The van der Waals surface area contributed by atoms with E-state index in [1.807, 2.05) is 36.4 Å². The third kappa shape index (κ3) is 8.82. The van der Waals surface area contributed by atoms with Crippen molar-refractivity contribution < 1.29 is 62.7 Å². The molecule has 0 saturated carbocycles. The van der Waals surface area contributed by atoms with Crippen LogP contribution in [0.1, 0.15) is 12.6 Å². The van der Waals surface area contributed by atoms with Gasteiger partial charge in [0, 0.05) is 6.08 Å². The molecule has 80 valence electrons. The molecule has 0 aromatic heterocycles. The van der Waals surface area contributed by atoms with Crippen molar-refractivity contribution >= 4 is 18.1 Å². The van der Waals surface area contributed by atoms with E-state index < -0.39 is 5.97 Å². The minimum Gasteiger partial charge on any atom is -1.00 e. The Balaban J connectivity index is -0.000000247. The van der Waals surface area contributed by atoms with Gasteiger partial charge in [0.15, 0.2) is 0 Å². The van der Waals surface area contributed by atoms with Crippen LogP contribution in [0.2, 0.25) is 0 Å². The van der Waals surface area contributed by atoms with Crippen LogP contribution in [0.15, 0.2) is 50.1 Å². The van der Waals surface area contributed by atoms with E-state index in [0.717, 1.165) is 17.2 Å². The van der Waals surface area contributed by atoms with Crippen LogP contribution in [0.4, 0.5) is 0 Å².